The van der Waals surface area contributed by atoms with Crippen molar-refractivity contribution in [2.24, 2.45) is 0 Å². The van der Waals surface area contributed by atoms with E-state index in [2.05, 4.69) is 26.0 Å². The first kappa shape index (κ1) is 10.4. The third-order valence-corrected chi connectivity index (χ3v) is 2.27. The van der Waals surface area contributed by atoms with E-state index >= 15 is 0 Å². The maximum Gasteiger partial charge on any atom is 0.104 e. The number of furan rings is 1. The summed E-state index contributed by atoms with van der Waals surface area (Å²) in [5.41, 5.74) is 0. The standard InChI is InChI=1S/C12H20O/c1-3-5-7-11-9-10-12(13-11)8-6-4-2/h9-10H,3-8H2,1-2H3. The minimum absolute atomic E-state index is 1.10. The summed E-state index contributed by atoms with van der Waals surface area (Å²) >= 11 is 0. The minimum atomic E-state index is 1.10. The van der Waals surface area contributed by atoms with Crippen LogP contribution in [0.1, 0.15) is 51.1 Å². The zero-order chi connectivity index (χ0) is 9.52. The summed E-state index contributed by atoms with van der Waals surface area (Å²) in [4.78, 5) is 0. The van der Waals surface area contributed by atoms with E-state index in [9.17, 15) is 0 Å². The van der Waals surface area contributed by atoms with Crippen molar-refractivity contribution in [3.8, 4) is 0 Å². The first-order valence-electron chi connectivity index (χ1n) is 5.44. The van der Waals surface area contributed by atoms with Crippen LogP contribution >= 0.6 is 0 Å². The van der Waals surface area contributed by atoms with Crippen molar-refractivity contribution in [1.29, 1.82) is 0 Å². The fraction of sp³-hybridized carbons (Fsp3) is 0.667. The zero-order valence-electron chi connectivity index (χ0n) is 8.81. The molecule has 0 N–H and O–H groups in total. The number of rotatable bonds is 6. The van der Waals surface area contributed by atoms with Gasteiger partial charge in [0.15, 0.2) is 0 Å². The highest BCUT2D eigenvalue weighted by atomic mass is 16.3. The van der Waals surface area contributed by atoms with E-state index in [-0.39, 0.29) is 0 Å². The number of hydrogen-bond acceptors (Lipinski definition) is 1. The van der Waals surface area contributed by atoms with Gasteiger partial charge in [-0.3, -0.25) is 0 Å². The van der Waals surface area contributed by atoms with E-state index in [0.717, 1.165) is 24.4 Å². The second kappa shape index (κ2) is 5.85. The van der Waals surface area contributed by atoms with Crippen molar-refractivity contribution in [2.75, 3.05) is 0 Å². The largest absolute Gasteiger partial charge is 0.466 e. The summed E-state index contributed by atoms with van der Waals surface area (Å²) < 4.78 is 5.69. The van der Waals surface area contributed by atoms with Gasteiger partial charge in [0, 0.05) is 12.8 Å². The molecular formula is C12H20O. The van der Waals surface area contributed by atoms with Crippen molar-refractivity contribution in [2.45, 2.75) is 52.4 Å². The van der Waals surface area contributed by atoms with Crippen molar-refractivity contribution in [3.63, 3.8) is 0 Å². The van der Waals surface area contributed by atoms with Gasteiger partial charge >= 0.3 is 0 Å². The predicted molar refractivity (Wildman–Crippen MR) is 55.9 cm³/mol. The normalized spacial score (nSPS) is 10.6. The molecule has 74 valence electrons. The van der Waals surface area contributed by atoms with Crippen LogP contribution in [0.4, 0.5) is 0 Å². The lowest BCUT2D eigenvalue weighted by Crippen LogP contribution is -1.81. The fourth-order valence-electron chi connectivity index (χ4n) is 1.39. The van der Waals surface area contributed by atoms with Gasteiger partial charge in [0.25, 0.3) is 0 Å². The first-order valence-corrected chi connectivity index (χ1v) is 5.44. The monoisotopic (exact) mass is 180 g/mol. The summed E-state index contributed by atoms with van der Waals surface area (Å²) in [6.45, 7) is 4.42. The molecule has 0 bridgehead atoms. The number of hydrogen-bond donors (Lipinski definition) is 0. The van der Waals surface area contributed by atoms with Gasteiger partial charge in [-0.15, -0.1) is 0 Å². The van der Waals surface area contributed by atoms with Crippen molar-refractivity contribution in [3.05, 3.63) is 23.7 Å². The molecule has 0 aliphatic heterocycles. The van der Waals surface area contributed by atoms with Gasteiger partial charge < -0.3 is 4.42 Å². The van der Waals surface area contributed by atoms with E-state index in [1.165, 1.54) is 25.7 Å². The number of unbranched alkanes of at least 4 members (excludes halogenated alkanes) is 2. The third kappa shape index (κ3) is 3.67. The molecule has 0 atom stereocenters. The van der Waals surface area contributed by atoms with Gasteiger partial charge in [0.1, 0.15) is 11.5 Å². The zero-order valence-corrected chi connectivity index (χ0v) is 8.81. The summed E-state index contributed by atoms with van der Waals surface area (Å²) in [6, 6.07) is 4.25. The number of aryl methyl sites for hydroxylation is 2. The minimum Gasteiger partial charge on any atom is -0.466 e. The highest BCUT2D eigenvalue weighted by Crippen LogP contribution is 2.12. The molecule has 13 heavy (non-hydrogen) atoms. The van der Waals surface area contributed by atoms with Gasteiger partial charge in [-0.05, 0) is 25.0 Å². The third-order valence-electron chi connectivity index (χ3n) is 2.27. The van der Waals surface area contributed by atoms with E-state index in [0.29, 0.717) is 0 Å². The van der Waals surface area contributed by atoms with Gasteiger partial charge in [0.2, 0.25) is 0 Å². The smallest absolute Gasteiger partial charge is 0.104 e. The van der Waals surface area contributed by atoms with Crippen molar-refractivity contribution < 1.29 is 4.42 Å². The summed E-state index contributed by atoms with van der Waals surface area (Å²) in [5.74, 6) is 2.32. The maximum atomic E-state index is 5.69. The van der Waals surface area contributed by atoms with E-state index in [4.69, 9.17) is 4.42 Å². The van der Waals surface area contributed by atoms with Crippen LogP contribution in [0, 0.1) is 0 Å². The SMILES string of the molecule is CCCCc1ccc(CCCC)o1. The second-order valence-electron chi connectivity index (χ2n) is 3.58. The van der Waals surface area contributed by atoms with Crippen LogP contribution in [0.15, 0.2) is 16.5 Å². The van der Waals surface area contributed by atoms with Crippen LogP contribution in [0.5, 0.6) is 0 Å². The van der Waals surface area contributed by atoms with Crippen LogP contribution in [-0.2, 0) is 12.8 Å². The van der Waals surface area contributed by atoms with Crippen molar-refractivity contribution >= 4 is 0 Å². The van der Waals surface area contributed by atoms with Crippen LogP contribution in [-0.4, -0.2) is 0 Å². The highest BCUT2D eigenvalue weighted by Gasteiger charge is 2.00. The van der Waals surface area contributed by atoms with Gasteiger partial charge in [-0.25, -0.2) is 0 Å². The fourth-order valence-corrected chi connectivity index (χ4v) is 1.39. The molecule has 1 heteroatoms. The maximum absolute atomic E-state index is 5.69. The van der Waals surface area contributed by atoms with E-state index in [1.807, 2.05) is 0 Å². The Hall–Kier alpha value is -0.720. The molecule has 1 aromatic rings. The molecule has 1 nitrogen and oxygen atoms in total. The van der Waals surface area contributed by atoms with Crippen LogP contribution in [0.25, 0.3) is 0 Å². The Labute approximate surface area is 81.1 Å². The van der Waals surface area contributed by atoms with Gasteiger partial charge in [-0.1, -0.05) is 26.7 Å². The molecule has 1 aromatic heterocycles. The van der Waals surface area contributed by atoms with Crippen LogP contribution in [0.3, 0.4) is 0 Å². The Morgan fingerprint density at radius 1 is 0.923 bits per heavy atom. The molecule has 0 radical (unpaired) electrons. The molecule has 0 aliphatic carbocycles. The second-order valence-corrected chi connectivity index (χ2v) is 3.58. The molecule has 0 aliphatic rings. The van der Waals surface area contributed by atoms with Gasteiger partial charge in [-0.2, -0.15) is 0 Å². The summed E-state index contributed by atoms with van der Waals surface area (Å²) in [5, 5.41) is 0. The molecule has 1 heterocycles. The van der Waals surface area contributed by atoms with Gasteiger partial charge in [0.05, 0.1) is 0 Å². The molecule has 0 spiro atoms. The van der Waals surface area contributed by atoms with Crippen LogP contribution in [0.2, 0.25) is 0 Å². The lowest BCUT2D eigenvalue weighted by molar-refractivity contribution is 0.453. The van der Waals surface area contributed by atoms with E-state index in [1.54, 1.807) is 0 Å². The summed E-state index contributed by atoms with van der Waals surface area (Å²) in [7, 11) is 0. The van der Waals surface area contributed by atoms with Crippen LogP contribution < -0.4 is 0 Å². The lowest BCUT2D eigenvalue weighted by atomic mass is 10.2. The molecule has 0 saturated carbocycles. The Morgan fingerprint density at radius 3 is 1.77 bits per heavy atom. The molecule has 0 fully saturated rings. The summed E-state index contributed by atoms with van der Waals surface area (Å²) in [6.07, 6.45) is 7.16. The molecule has 0 aromatic carbocycles. The topological polar surface area (TPSA) is 13.1 Å². The quantitative estimate of drug-likeness (QED) is 0.645. The molecular weight excluding hydrogens is 160 g/mol. The van der Waals surface area contributed by atoms with Crippen molar-refractivity contribution in [1.82, 2.24) is 0 Å². The first-order chi connectivity index (χ1) is 6.36. The molecule has 0 saturated heterocycles. The molecule has 1 rings (SSSR count). The molecule has 0 amide bonds. The highest BCUT2D eigenvalue weighted by molar-refractivity contribution is 5.07. The average Bonchev–Trinajstić information content (AvgIpc) is 2.59. The predicted octanol–water partition coefficient (Wildman–Crippen LogP) is 3.96. The Bertz CT molecular complexity index is 202. The lowest BCUT2D eigenvalue weighted by Gasteiger charge is -1.95. The average molecular weight is 180 g/mol. The Kier molecular flexibility index (Phi) is 4.66. The molecule has 0 unspecified atom stereocenters. The Morgan fingerprint density at radius 2 is 1.38 bits per heavy atom. The Balaban J connectivity index is 2.34. The van der Waals surface area contributed by atoms with E-state index < -0.39 is 0 Å².